The van der Waals surface area contributed by atoms with Gasteiger partial charge in [0.25, 0.3) is 0 Å². The van der Waals surface area contributed by atoms with Gasteiger partial charge < -0.3 is 79.8 Å². The van der Waals surface area contributed by atoms with Crippen LogP contribution in [0.15, 0.2) is 105 Å². The fourth-order valence-corrected chi connectivity index (χ4v) is 16.5. The number of aliphatic carboxylic acids is 1. The number of ether oxygens (including phenoxy) is 5. The van der Waals surface area contributed by atoms with E-state index in [1.807, 2.05) is 145 Å². The molecule has 14 rings (SSSR count). The predicted octanol–water partition coefficient (Wildman–Crippen LogP) is 17.4. The molecule has 0 spiro atoms. The standard InChI is InChI=1S/C32H46N4O5.C27H38N4O3.C19H27N3O3.C13H23NO4/c1-29(2,3)39-27(37)33-22-13-15-31(7,16-14-22)26-34-25(35-41-26)32(17-18-32)20-36(28(38)40-30(4,5)6)24-19-23(24)21-11-9-8-10-12-21;1-25(2,3)33-24(32)29-19-10-12-26(4,13-11-19)23-30-22(31-34-23)27(14-15-27)17-28-21-16-20(21)18-8-6-5-7-9-18;1-18(2,3)25-17(23)22(12-19(9-10-19)16(20)21-24)15-11-14(15)13-7-5-4-6-8-13;1-12(2,3)18-11(17)14-9-5-7-13(4,8-6-9)10(15)16/h8-12,22-24H,13-20H2,1-7H3,(H,33,37);5-9,19-21,28H,10-17H2,1-4H3,(H,29,32);4-8,14-15,24H,9-12H2,1-3H3,(H2,20,21);9H,5-8H2,1-4H3,(H,14,17)(H,15,16)/t22?,23-,24+,31?;19?,20-,21+,26?;14-,15+;/m000./s1. The zero-order valence-electron chi connectivity index (χ0n) is 73.2. The molecule has 5 aromatic rings. The van der Waals surface area contributed by atoms with E-state index in [-0.39, 0.29) is 82.1 Å². The molecule has 118 heavy (non-hydrogen) atoms. The molecular formula is C91H134N12O15. The number of aromatic nitrogens is 4. The van der Waals surface area contributed by atoms with Gasteiger partial charge in [-0.15, -0.1) is 0 Å². The highest BCUT2D eigenvalue weighted by molar-refractivity contribution is 5.89. The molecule has 0 radical (unpaired) electrons. The SMILES string of the molecule is CC(C)(C)OC(=O)N(CC1(C(N)=NO)CC1)[C@@H]1C[C@H]1c1ccccc1.CC(C)(C)OC(=O)NC1CCC(C)(C(=O)O)CC1.CC(C)(C)OC(=O)NC1CCC(C)(c2nc(C3(CN(C(=O)OC(C)(C)C)[C@@H]4C[C@H]4c4ccccc4)CC3)no2)CC1.CC(C)(C)OC(=O)NC1CCC(C)(c2nc(C3(CN[C@@H]4C[C@H]4c4ccccc4)CC3)no2)CC1. The number of carboxylic acids is 1. The number of oxime groups is 1. The van der Waals surface area contributed by atoms with Crippen molar-refractivity contribution < 1.29 is 71.8 Å². The lowest BCUT2D eigenvalue weighted by Crippen LogP contribution is -2.45. The van der Waals surface area contributed by atoms with Crippen LogP contribution in [0, 0.1) is 10.8 Å². The molecule has 9 fully saturated rings. The Morgan fingerprint density at radius 1 is 0.466 bits per heavy atom. The number of nitrogens with one attached hydrogen (secondary N) is 4. The molecule has 2 aromatic heterocycles. The van der Waals surface area contributed by atoms with Crippen molar-refractivity contribution in [1.82, 2.24) is 51.3 Å². The number of carbonyl (C=O) groups is 6. The number of carbonyl (C=O) groups excluding carboxylic acids is 5. The number of hydrogen-bond acceptors (Lipinski definition) is 20. The third kappa shape index (κ3) is 24.6. The van der Waals surface area contributed by atoms with Gasteiger partial charge in [0.1, 0.15) is 33.8 Å². The monoisotopic (exact) mass is 1640 g/mol. The fourth-order valence-electron chi connectivity index (χ4n) is 16.5. The molecule has 9 saturated carbocycles. The summed E-state index contributed by atoms with van der Waals surface area (Å²) in [7, 11) is 0. The molecule has 5 amide bonds. The number of alkyl carbamates (subject to hydrolysis) is 3. The molecule has 0 bridgehead atoms. The van der Waals surface area contributed by atoms with Crippen LogP contribution in [0.4, 0.5) is 24.0 Å². The summed E-state index contributed by atoms with van der Waals surface area (Å²) in [6.07, 6.45) is 16.4. The Hall–Kier alpha value is -9.01. The third-order valence-corrected chi connectivity index (χ3v) is 24.7. The fraction of sp³-hybridized carbons (Fsp3) is 0.681. The molecule has 0 unspecified atom stereocenters. The molecule has 9 aliphatic rings. The van der Waals surface area contributed by atoms with E-state index in [1.54, 1.807) is 11.8 Å². The molecule has 0 saturated heterocycles. The first-order chi connectivity index (χ1) is 55.2. The summed E-state index contributed by atoms with van der Waals surface area (Å²) in [6.45, 7) is 36.0. The lowest BCUT2D eigenvalue weighted by atomic mass is 9.74. The number of carboxylic acid groups (broad SMARTS) is 1. The highest BCUT2D eigenvalue weighted by Gasteiger charge is 2.58. The maximum absolute atomic E-state index is 13.4. The van der Waals surface area contributed by atoms with Gasteiger partial charge in [-0.3, -0.25) is 4.79 Å². The van der Waals surface area contributed by atoms with Crippen LogP contribution in [0.25, 0.3) is 0 Å². The Labute approximate surface area is 697 Å². The molecular weight excluding hydrogens is 1500 g/mol. The first-order valence-electron chi connectivity index (χ1n) is 43.0. The summed E-state index contributed by atoms with van der Waals surface area (Å²) in [5.41, 5.74) is 5.41. The predicted molar refractivity (Wildman–Crippen MR) is 447 cm³/mol. The number of benzene rings is 3. The van der Waals surface area contributed by atoms with Crippen molar-refractivity contribution in [2.24, 2.45) is 21.7 Å². The van der Waals surface area contributed by atoms with Crippen LogP contribution in [0.2, 0.25) is 0 Å². The number of amidine groups is 1. The van der Waals surface area contributed by atoms with Crippen LogP contribution in [0.3, 0.4) is 0 Å². The van der Waals surface area contributed by atoms with E-state index in [9.17, 15) is 28.8 Å². The molecule has 2 heterocycles. The lowest BCUT2D eigenvalue weighted by molar-refractivity contribution is -0.150. The second-order valence-electron chi connectivity index (χ2n) is 41.0. The van der Waals surface area contributed by atoms with Crippen molar-refractivity contribution in [2.75, 3.05) is 19.6 Å². The van der Waals surface area contributed by atoms with Crippen molar-refractivity contribution in [3.63, 3.8) is 0 Å². The lowest BCUT2D eigenvalue weighted by Gasteiger charge is -2.35. The number of nitrogens with two attached hydrogens (primary N) is 1. The maximum Gasteiger partial charge on any atom is 0.410 e. The van der Waals surface area contributed by atoms with Crippen molar-refractivity contribution in [3.8, 4) is 0 Å². The van der Waals surface area contributed by atoms with Gasteiger partial charge in [-0.05, 0) is 262 Å². The minimum absolute atomic E-state index is 0.0206. The second-order valence-corrected chi connectivity index (χ2v) is 41.0. The van der Waals surface area contributed by atoms with Crippen LogP contribution in [-0.2, 0) is 50.1 Å². The normalized spacial score (nSPS) is 27.6. The van der Waals surface area contributed by atoms with E-state index in [0.29, 0.717) is 74.3 Å². The second kappa shape index (κ2) is 35.4. The summed E-state index contributed by atoms with van der Waals surface area (Å²) in [6, 6.07) is 32.3. The maximum atomic E-state index is 13.4. The number of rotatable bonds is 21. The van der Waals surface area contributed by atoms with Crippen LogP contribution in [0.5, 0.6) is 0 Å². The highest BCUT2D eigenvalue weighted by Crippen LogP contribution is 2.55. The molecule has 27 nitrogen and oxygen atoms in total. The number of amides is 5. The van der Waals surface area contributed by atoms with Gasteiger partial charge in [-0.1, -0.05) is 120 Å². The summed E-state index contributed by atoms with van der Waals surface area (Å²) >= 11 is 0. The summed E-state index contributed by atoms with van der Waals surface area (Å²) in [5, 5.41) is 42.8. The van der Waals surface area contributed by atoms with Crippen LogP contribution in [-0.4, -0.2) is 167 Å². The van der Waals surface area contributed by atoms with Crippen LogP contribution in [0.1, 0.15) is 317 Å². The Bertz CT molecular complexity index is 4250. The average molecular weight is 1640 g/mol. The zero-order valence-corrected chi connectivity index (χ0v) is 73.2. The molecule has 3 aromatic carbocycles. The molecule has 9 aliphatic carbocycles. The third-order valence-electron chi connectivity index (χ3n) is 24.7. The minimum atomic E-state index is -0.752. The Kier molecular flexibility index (Phi) is 26.9. The minimum Gasteiger partial charge on any atom is -0.481 e. The molecule has 6 atom stereocenters. The van der Waals surface area contributed by atoms with Gasteiger partial charge in [-0.25, -0.2) is 24.0 Å². The first-order valence-corrected chi connectivity index (χ1v) is 43.0. The van der Waals surface area contributed by atoms with E-state index < -0.39 is 50.9 Å². The van der Waals surface area contributed by atoms with Crippen LogP contribution < -0.4 is 27.0 Å². The largest absolute Gasteiger partial charge is 0.481 e. The summed E-state index contributed by atoms with van der Waals surface area (Å²) in [5.74, 6) is 3.65. The van der Waals surface area contributed by atoms with E-state index in [2.05, 4.69) is 105 Å². The highest BCUT2D eigenvalue weighted by atomic mass is 16.6. The van der Waals surface area contributed by atoms with Gasteiger partial charge in [0.15, 0.2) is 11.6 Å². The topological polar surface area (TPSA) is 360 Å². The van der Waals surface area contributed by atoms with Crippen molar-refractivity contribution in [2.45, 2.75) is 363 Å². The zero-order chi connectivity index (χ0) is 85.8. The first kappa shape index (κ1) is 89.8. The van der Waals surface area contributed by atoms with Gasteiger partial charge >= 0.3 is 36.4 Å². The van der Waals surface area contributed by atoms with E-state index >= 15 is 0 Å². The smallest absolute Gasteiger partial charge is 0.410 e. The van der Waals surface area contributed by atoms with Gasteiger partial charge in [0.05, 0.1) is 10.8 Å². The Morgan fingerprint density at radius 3 is 1.14 bits per heavy atom. The van der Waals surface area contributed by atoms with E-state index in [4.69, 9.17) is 58.7 Å². The van der Waals surface area contributed by atoms with E-state index in [0.717, 1.165) is 121 Å². The molecule has 648 valence electrons. The number of nitrogens with zero attached hydrogens (tertiary/aromatic N) is 7. The molecule has 8 N–H and O–H groups in total. The molecule has 0 aliphatic heterocycles. The molecule has 27 heteroatoms. The van der Waals surface area contributed by atoms with Crippen molar-refractivity contribution >= 4 is 42.3 Å². The van der Waals surface area contributed by atoms with Gasteiger partial charge in [0.2, 0.25) is 11.8 Å². The Balaban J connectivity index is 0.000000161. The quantitative estimate of drug-likeness (QED) is 0.0118. The number of hydrogen-bond donors (Lipinski definition) is 7. The van der Waals surface area contributed by atoms with Crippen molar-refractivity contribution in [1.29, 1.82) is 0 Å². The Morgan fingerprint density at radius 2 is 0.805 bits per heavy atom. The summed E-state index contributed by atoms with van der Waals surface area (Å²) < 4.78 is 39.2. The van der Waals surface area contributed by atoms with Crippen molar-refractivity contribution in [3.05, 3.63) is 131 Å². The summed E-state index contributed by atoms with van der Waals surface area (Å²) in [4.78, 5) is 86.8. The van der Waals surface area contributed by atoms with Gasteiger partial charge in [0, 0.05) is 95.3 Å². The van der Waals surface area contributed by atoms with Crippen LogP contribution >= 0.6 is 0 Å². The average Bonchev–Trinajstić information content (AvgIpc) is 1.59. The van der Waals surface area contributed by atoms with E-state index in [1.165, 1.54) is 23.1 Å². The van der Waals surface area contributed by atoms with Gasteiger partial charge in [-0.2, -0.15) is 9.97 Å².